The highest BCUT2D eigenvalue weighted by molar-refractivity contribution is 6.36. The first-order valence-electron chi connectivity index (χ1n) is 4.09. The van der Waals surface area contributed by atoms with Gasteiger partial charge in [-0.15, -0.1) is 0 Å². The minimum Gasteiger partial charge on any atom is -0.535 e. The van der Waals surface area contributed by atoms with Gasteiger partial charge in [-0.25, -0.2) is 4.98 Å². The standard InChI is InChI=1S/C9H5BCl2NO2/c11-6-2-1-3-7-5(6)4-8(15-10-14)9(12)13-7/h1-4,14H. The Morgan fingerprint density at radius 1 is 1.33 bits per heavy atom. The van der Waals surface area contributed by atoms with Crippen LogP contribution in [0.2, 0.25) is 10.2 Å². The fourth-order valence-corrected chi connectivity index (χ4v) is 1.67. The number of rotatable bonds is 2. The van der Waals surface area contributed by atoms with Crippen molar-refractivity contribution in [2.75, 3.05) is 0 Å². The topological polar surface area (TPSA) is 42.4 Å². The summed E-state index contributed by atoms with van der Waals surface area (Å²) in [4.78, 5) is 4.08. The molecule has 0 saturated carbocycles. The van der Waals surface area contributed by atoms with Gasteiger partial charge in [0.25, 0.3) is 0 Å². The van der Waals surface area contributed by atoms with Gasteiger partial charge in [-0.05, 0) is 18.2 Å². The molecule has 1 aromatic heterocycles. The fraction of sp³-hybridized carbons (Fsp3) is 0. The third-order valence-corrected chi connectivity index (χ3v) is 2.51. The number of nitrogens with zero attached hydrogens (tertiary/aromatic N) is 1. The van der Waals surface area contributed by atoms with E-state index in [0.29, 0.717) is 18.2 Å². The van der Waals surface area contributed by atoms with Crippen molar-refractivity contribution in [3.8, 4) is 5.75 Å². The SMILES string of the molecule is O[B]Oc1cc2c(Cl)cccc2nc1Cl. The Labute approximate surface area is 96.9 Å². The third kappa shape index (κ3) is 2.02. The number of aromatic nitrogens is 1. The summed E-state index contributed by atoms with van der Waals surface area (Å²) >= 11 is 11.8. The van der Waals surface area contributed by atoms with Gasteiger partial charge in [0.05, 0.1) is 10.5 Å². The highest BCUT2D eigenvalue weighted by Crippen LogP contribution is 2.30. The van der Waals surface area contributed by atoms with Gasteiger partial charge in [-0.1, -0.05) is 29.3 Å². The summed E-state index contributed by atoms with van der Waals surface area (Å²) in [7, 11) is 0.547. The molecule has 0 atom stereocenters. The number of hydrogen-bond acceptors (Lipinski definition) is 3. The number of benzene rings is 1. The Balaban J connectivity index is 2.66. The molecule has 3 nitrogen and oxygen atoms in total. The number of halogens is 2. The Kier molecular flexibility index (Phi) is 3.00. The lowest BCUT2D eigenvalue weighted by atomic mass is 10.2. The Morgan fingerprint density at radius 3 is 2.87 bits per heavy atom. The van der Waals surface area contributed by atoms with Crippen molar-refractivity contribution in [2.45, 2.75) is 0 Å². The summed E-state index contributed by atoms with van der Waals surface area (Å²) < 4.78 is 4.78. The Morgan fingerprint density at radius 2 is 2.13 bits per heavy atom. The molecule has 0 aliphatic rings. The molecular formula is C9H5BCl2NO2. The van der Waals surface area contributed by atoms with Crippen molar-refractivity contribution in [2.24, 2.45) is 0 Å². The molecule has 1 heterocycles. The quantitative estimate of drug-likeness (QED) is 0.648. The molecule has 0 saturated heterocycles. The fourth-order valence-electron chi connectivity index (χ4n) is 1.26. The van der Waals surface area contributed by atoms with E-state index < -0.39 is 0 Å². The van der Waals surface area contributed by atoms with E-state index in [9.17, 15) is 0 Å². The van der Waals surface area contributed by atoms with Gasteiger partial charge in [0.1, 0.15) is 5.75 Å². The van der Waals surface area contributed by atoms with E-state index in [2.05, 4.69) is 4.98 Å². The van der Waals surface area contributed by atoms with Gasteiger partial charge in [0.2, 0.25) is 0 Å². The van der Waals surface area contributed by atoms with Crippen LogP contribution in [-0.2, 0) is 0 Å². The normalized spacial score (nSPS) is 10.3. The van der Waals surface area contributed by atoms with E-state index in [4.69, 9.17) is 32.9 Å². The highest BCUT2D eigenvalue weighted by Gasteiger charge is 2.08. The van der Waals surface area contributed by atoms with Crippen molar-refractivity contribution in [1.82, 2.24) is 4.98 Å². The van der Waals surface area contributed by atoms with Crippen molar-refractivity contribution in [3.05, 3.63) is 34.4 Å². The molecule has 0 fully saturated rings. The maximum atomic E-state index is 8.52. The van der Waals surface area contributed by atoms with Crippen LogP contribution in [0, 0.1) is 0 Å². The summed E-state index contributed by atoms with van der Waals surface area (Å²) in [5.41, 5.74) is 0.679. The minimum atomic E-state index is 0.176. The largest absolute Gasteiger partial charge is 0.569 e. The molecule has 0 bridgehead atoms. The molecule has 1 aromatic carbocycles. The van der Waals surface area contributed by atoms with Crippen molar-refractivity contribution in [1.29, 1.82) is 0 Å². The summed E-state index contributed by atoms with van der Waals surface area (Å²) in [5, 5.41) is 9.97. The highest BCUT2D eigenvalue weighted by atomic mass is 35.5. The zero-order valence-electron chi connectivity index (χ0n) is 7.45. The van der Waals surface area contributed by atoms with Gasteiger partial charge in [-0.2, -0.15) is 0 Å². The van der Waals surface area contributed by atoms with Crippen LogP contribution in [0.15, 0.2) is 24.3 Å². The molecule has 0 spiro atoms. The Hall–Kier alpha value is -0.965. The summed E-state index contributed by atoms with van der Waals surface area (Å²) in [5.74, 6) is 0.264. The molecule has 1 radical (unpaired) electrons. The van der Waals surface area contributed by atoms with Crippen LogP contribution in [0.25, 0.3) is 10.9 Å². The van der Waals surface area contributed by atoms with E-state index in [0.717, 1.165) is 5.39 Å². The maximum absolute atomic E-state index is 8.52. The van der Waals surface area contributed by atoms with Gasteiger partial charge < -0.3 is 9.68 Å². The van der Waals surface area contributed by atoms with Crippen molar-refractivity contribution < 1.29 is 9.68 Å². The molecule has 6 heteroatoms. The Bertz CT molecular complexity index is 507. The molecule has 0 aliphatic carbocycles. The van der Waals surface area contributed by atoms with Crippen molar-refractivity contribution >= 4 is 41.8 Å². The van der Waals surface area contributed by atoms with Crippen LogP contribution in [-0.4, -0.2) is 17.7 Å². The first-order valence-corrected chi connectivity index (χ1v) is 4.85. The number of hydrogen-bond donors (Lipinski definition) is 1. The smallest absolute Gasteiger partial charge is 0.535 e. The molecular weight excluding hydrogens is 236 g/mol. The van der Waals surface area contributed by atoms with Crippen LogP contribution in [0.3, 0.4) is 0 Å². The molecule has 2 rings (SSSR count). The minimum absolute atomic E-state index is 0.176. The number of fused-ring (bicyclic) bond motifs is 1. The van der Waals surface area contributed by atoms with Gasteiger partial charge >= 0.3 is 7.69 Å². The second kappa shape index (κ2) is 4.27. The summed E-state index contributed by atoms with van der Waals surface area (Å²) in [6.45, 7) is 0. The predicted molar refractivity (Wildman–Crippen MR) is 60.4 cm³/mol. The van der Waals surface area contributed by atoms with Gasteiger partial charge in [0, 0.05) is 5.39 Å². The monoisotopic (exact) mass is 240 g/mol. The van der Waals surface area contributed by atoms with Gasteiger partial charge in [0.15, 0.2) is 5.15 Å². The first-order chi connectivity index (χ1) is 7.22. The second-order valence-corrected chi connectivity index (χ2v) is 3.57. The first kappa shape index (κ1) is 10.5. The lowest BCUT2D eigenvalue weighted by molar-refractivity contribution is 0.453. The molecule has 2 aromatic rings. The van der Waals surface area contributed by atoms with Crippen LogP contribution in [0.4, 0.5) is 0 Å². The zero-order valence-corrected chi connectivity index (χ0v) is 8.96. The van der Waals surface area contributed by atoms with Crippen LogP contribution >= 0.6 is 23.2 Å². The maximum Gasteiger partial charge on any atom is 0.569 e. The van der Waals surface area contributed by atoms with Gasteiger partial charge in [-0.3, -0.25) is 0 Å². The van der Waals surface area contributed by atoms with E-state index in [1.54, 1.807) is 24.3 Å². The van der Waals surface area contributed by atoms with E-state index in [-0.39, 0.29) is 10.9 Å². The van der Waals surface area contributed by atoms with Crippen LogP contribution in [0.1, 0.15) is 0 Å². The molecule has 0 aliphatic heterocycles. The third-order valence-electron chi connectivity index (χ3n) is 1.91. The van der Waals surface area contributed by atoms with Crippen LogP contribution < -0.4 is 4.65 Å². The summed E-state index contributed by atoms with van der Waals surface area (Å²) in [6, 6.07) is 6.94. The second-order valence-electron chi connectivity index (χ2n) is 2.81. The predicted octanol–water partition coefficient (Wildman–Crippen LogP) is 2.45. The molecule has 0 amide bonds. The van der Waals surface area contributed by atoms with E-state index in [1.165, 1.54) is 0 Å². The zero-order chi connectivity index (χ0) is 10.8. The lowest BCUT2D eigenvalue weighted by Gasteiger charge is -2.06. The number of pyridine rings is 1. The molecule has 75 valence electrons. The molecule has 0 unspecified atom stereocenters. The molecule has 15 heavy (non-hydrogen) atoms. The van der Waals surface area contributed by atoms with Crippen molar-refractivity contribution in [3.63, 3.8) is 0 Å². The molecule has 1 N–H and O–H groups in total. The summed E-state index contributed by atoms with van der Waals surface area (Å²) in [6.07, 6.45) is 0. The van der Waals surface area contributed by atoms with E-state index >= 15 is 0 Å². The lowest BCUT2D eigenvalue weighted by Crippen LogP contribution is -2.01. The average Bonchev–Trinajstić information content (AvgIpc) is 2.21. The van der Waals surface area contributed by atoms with Crippen LogP contribution in [0.5, 0.6) is 5.75 Å². The van der Waals surface area contributed by atoms with E-state index in [1.807, 2.05) is 0 Å². The average molecular weight is 241 g/mol.